The lowest BCUT2D eigenvalue weighted by Crippen LogP contribution is -1.96. The summed E-state index contributed by atoms with van der Waals surface area (Å²) in [7, 11) is 1.43. The first-order valence-electron chi connectivity index (χ1n) is 6.09. The summed E-state index contributed by atoms with van der Waals surface area (Å²) in [4.78, 5) is 10.7. The van der Waals surface area contributed by atoms with Crippen molar-refractivity contribution in [3.05, 3.63) is 64.8 Å². The van der Waals surface area contributed by atoms with Gasteiger partial charge in [-0.25, -0.2) is 0 Å². The molecule has 3 rings (SSSR count). The maximum atomic E-state index is 11.1. The Kier molecular flexibility index (Phi) is 2.87. The number of aromatic nitrogens is 1. The number of fused-ring (bicyclic) bond motifs is 1. The maximum Gasteiger partial charge on any atom is 0.313 e. The van der Waals surface area contributed by atoms with Crippen molar-refractivity contribution in [1.29, 1.82) is 0 Å². The van der Waals surface area contributed by atoms with Crippen LogP contribution in [0.25, 0.3) is 16.6 Å². The Hall–Kier alpha value is -2.82. The van der Waals surface area contributed by atoms with Crippen LogP contribution in [0.15, 0.2) is 54.7 Å². The molecule has 0 amide bonds. The second-order valence-corrected chi connectivity index (χ2v) is 4.36. The number of methoxy groups -OCH3 is 1. The van der Waals surface area contributed by atoms with E-state index in [1.165, 1.54) is 7.11 Å². The van der Waals surface area contributed by atoms with E-state index in [9.17, 15) is 10.1 Å². The summed E-state index contributed by atoms with van der Waals surface area (Å²) in [6.45, 7) is 0. The summed E-state index contributed by atoms with van der Waals surface area (Å²) in [5.74, 6) is 0.272. The average molecular weight is 268 g/mol. The highest BCUT2D eigenvalue weighted by molar-refractivity contribution is 5.86. The lowest BCUT2D eigenvalue weighted by Gasteiger charge is -2.06. The molecule has 0 N–H and O–H groups in total. The minimum atomic E-state index is -0.430. The Balaban J connectivity index is 2.27. The zero-order valence-corrected chi connectivity index (χ0v) is 10.8. The van der Waals surface area contributed by atoms with Crippen molar-refractivity contribution in [3.63, 3.8) is 0 Å². The molecule has 0 spiro atoms. The van der Waals surface area contributed by atoms with E-state index < -0.39 is 4.92 Å². The highest BCUT2D eigenvalue weighted by Gasteiger charge is 2.17. The van der Waals surface area contributed by atoms with E-state index in [4.69, 9.17) is 4.74 Å². The van der Waals surface area contributed by atoms with E-state index in [-0.39, 0.29) is 11.4 Å². The second kappa shape index (κ2) is 4.70. The van der Waals surface area contributed by atoms with Gasteiger partial charge in [-0.1, -0.05) is 18.2 Å². The van der Waals surface area contributed by atoms with Gasteiger partial charge in [0.05, 0.1) is 17.5 Å². The van der Waals surface area contributed by atoms with Gasteiger partial charge in [0.15, 0.2) is 5.75 Å². The summed E-state index contributed by atoms with van der Waals surface area (Å²) in [5, 5.41) is 12.0. The van der Waals surface area contributed by atoms with Crippen LogP contribution in [-0.4, -0.2) is 16.6 Å². The highest BCUT2D eigenvalue weighted by Crippen LogP contribution is 2.33. The zero-order chi connectivity index (χ0) is 14.1. The number of nitro groups is 1. The van der Waals surface area contributed by atoms with Gasteiger partial charge in [0.1, 0.15) is 0 Å². The number of para-hydroxylation sites is 1. The van der Waals surface area contributed by atoms with Crippen molar-refractivity contribution >= 4 is 16.6 Å². The van der Waals surface area contributed by atoms with Gasteiger partial charge in [-0.3, -0.25) is 10.1 Å². The average Bonchev–Trinajstić information content (AvgIpc) is 2.89. The van der Waals surface area contributed by atoms with Crippen molar-refractivity contribution in [1.82, 2.24) is 4.57 Å². The second-order valence-electron chi connectivity index (χ2n) is 4.36. The van der Waals surface area contributed by atoms with Gasteiger partial charge in [-0.15, -0.1) is 0 Å². The summed E-state index contributed by atoms with van der Waals surface area (Å²) < 4.78 is 7.00. The third-order valence-corrected chi connectivity index (χ3v) is 3.22. The number of ether oxygens (including phenoxy) is 1. The summed E-state index contributed by atoms with van der Waals surface area (Å²) in [5.41, 5.74) is 1.71. The van der Waals surface area contributed by atoms with E-state index in [1.54, 1.807) is 12.1 Å². The molecule has 0 saturated carbocycles. The van der Waals surface area contributed by atoms with Crippen LogP contribution in [0.1, 0.15) is 0 Å². The molecule has 3 aromatic rings. The summed E-state index contributed by atoms with van der Waals surface area (Å²) in [6.07, 6.45) is 1.89. The molecule has 0 radical (unpaired) electrons. The van der Waals surface area contributed by atoms with E-state index in [1.807, 2.05) is 47.2 Å². The number of benzene rings is 2. The van der Waals surface area contributed by atoms with Crippen LogP contribution in [0.3, 0.4) is 0 Å². The minimum absolute atomic E-state index is 0.0316. The molecule has 2 aromatic carbocycles. The molecule has 20 heavy (non-hydrogen) atoms. The van der Waals surface area contributed by atoms with Gasteiger partial charge < -0.3 is 9.30 Å². The van der Waals surface area contributed by atoms with Gasteiger partial charge in [0, 0.05) is 23.3 Å². The lowest BCUT2D eigenvalue weighted by atomic mass is 10.2. The van der Waals surface area contributed by atoms with E-state index in [2.05, 4.69) is 0 Å². The quantitative estimate of drug-likeness (QED) is 0.539. The van der Waals surface area contributed by atoms with Gasteiger partial charge in [0.2, 0.25) is 0 Å². The monoisotopic (exact) mass is 268 g/mol. The molecule has 1 aromatic heterocycles. The van der Waals surface area contributed by atoms with Crippen molar-refractivity contribution in [2.24, 2.45) is 0 Å². The first-order chi connectivity index (χ1) is 9.70. The summed E-state index contributed by atoms with van der Waals surface area (Å²) in [6, 6.07) is 14.8. The van der Waals surface area contributed by atoms with E-state index in [0.29, 0.717) is 0 Å². The van der Waals surface area contributed by atoms with Crippen LogP contribution in [0.5, 0.6) is 5.75 Å². The van der Waals surface area contributed by atoms with Gasteiger partial charge in [-0.2, -0.15) is 0 Å². The Morgan fingerprint density at radius 3 is 2.55 bits per heavy atom. The normalized spacial score (nSPS) is 10.7. The highest BCUT2D eigenvalue weighted by atomic mass is 16.6. The Labute approximate surface area is 115 Å². The summed E-state index contributed by atoms with van der Waals surface area (Å²) >= 11 is 0. The SMILES string of the molecule is COc1cc2ccn(-c3ccccc3)c2cc1[N+](=O)[O-]. The van der Waals surface area contributed by atoms with Crippen LogP contribution in [-0.2, 0) is 0 Å². The van der Waals surface area contributed by atoms with E-state index >= 15 is 0 Å². The largest absolute Gasteiger partial charge is 0.490 e. The molecule has 0 bridgehead atoms. The van der Waals surface area contributed by atoms with Gasteiger partial charge in [-0.05, 0) is 24.3 Å². The third kappa shape index (κ3) is 1.89. The fourth-order valence-electron chi connectivity index (χ4n) is 2.27. The molecule has 1 heterocycles. The number of nitrogens with zero attached hydrogens (tertiary/aromatic N) is 2. The predicted octanol–water partition coefficient (Wildman–Crippen LogP) is 3.55. The van der Waals surface area contributed by atoms with Gasteiger partial charge >= 0.3 is 5.69 Å². The molecule has 0 saturated heterocycles. The van der Waals surface area contributed by atoms with Crippen LogP contribution < -0.4 is 4.74 Å². The predicted molar refractivity (Wildman–Crippen MR) is 76.5 cm³/mol. The lowest BCUT2D eigenvalue weighted by molar-refractivity contribution is -0.385. The van der Waals surface area contributed by atoms with E-state index in [0.717, 1.165) is 16.6 Å². The first kappa shape index (κ1) is 12.2. The van der Waals surface area contributed by atoms with Crippen molar-refractivity contribution in [2.75, 3.05) is 7.11 Å². The minimum Gasteiger partial charge on any atom is -0.490 e. The molecule has 0 aliphatic rings. The van der Waals surface area contributed by atoms with Crippen LogP contribution >= 0.6 is 0 Å². The Bertz CT molecular complexity index is 778. The van der Waals surface area contributed by atoms with Crippen molar-refractivity contribution in [3.8, 4) is 11.4 Å². The number of nitro benzene ring substituents is 1. The van der Waals surface area contributed by atoms with Crippen LogP contribution in [0.4, 0.5) is 5.69 Å². The maximum absolute atomic E-state index is 11.1. The standard InChI is InChI=1S/C15H12N2O3/c1-20-15-9-11-7-8-16(12-5-3-2-4-6-12)13(11)10-14(15)17(18)19/h2-10H,1H3. The number of hydrogen-bond donors (Lipinski definition) is 0. The van der Waals surface area contributed by atoms with Crippen molar-refractivity contribution in [2.45, 2.75) is 0 Å². The third-order valence-electron chi connectivity index (χ3n) is 3.22. The molecular formula is C15H12N2O3. The van der Waals surface area contributed by atoms with Crippen LogP contribution in [0.2, 0.25) is 0 Å². The molecule has 0 aliphatic heterocycles. The molecule has 0 aliphatic carbocycles. The molecular weight excluding hydrogens is 256 g/mol. The molecule has 0 unspecified atom stereocenters. The molecule has 5 heteroatoms. The van der Waals surface area contributed by atoms with Crippen LogP contribution in [0, 0.1) is 10.1 Å². The Morgan fingerprint density at radius 1 is 1.15 bits per heavy atom. The van der Waals surface area contributed by atoms with Gasteiger partial charge in [0.25, 0.3) is 0 Å². The number of rotatable bonds is 3. The fourth-order valence-corrected chi connectivity index (χ4v) is 2.27. The smallest absolute Gasteiger partial charge is 0.313 e. The molecule has 0 atom stereocenters. The number of hydrogen-bond acceptors (Lipinski definition) is 3. The molecule has 100 valence electrons. The zero-order valence-electron chi connectivity index (χ0n) is 10.8. The molecule has 0 fully saturated rings. The molecule has 5 nitrogen and oxygen atoms in total. The topological polar surface area (TPSA) is 57.3 Å². The fraction of sp³-hybridized carbons (Fsp3) is 0.0667. The first-order valence-corrected chi connectivity index (χ1v) is 6.09. The Morgan fingerprint density at radius 2 is 1.90 bits per heavy atom. The van der Waals surface area contributed by atoms with Crippen molar-refractivity contribution < 1.29 is 9.66 Å².